The molecule has 1 atom stereocenters. The van der Waals surface area contributed by atoms with E-state index in [1.165, 1.54) is 44.6 Å². The molecule has 112 valence electrons. The standard InChI is InChI=1S/C14H23N5.ClH/c1-18(2)13-16-7-12(8-17-13)9-19-6-4-14(11-19)3-5-15-10-14;/h7-8,15H,3-6,9-11H2,1-2H3;1H. The van der Waals surface area contributed by atoms with Crippen LogP contribution >= 0.6 is 12.4 Å². The molecule has 1 unspecified atom stereocenters. The Kier molecular flexibility index (Phi) is 4.83. The van der Waals surface area contributed by atoms with Gasteiger partial charge in [-0.05, 0) is 31.3 Å². The van der Waals surface area contributed by atoms with Crippen LogP contribution in [0.15, 0.2) is 12.4 Å². The van der Waals surface area contributed by atoms with Crippen LogP contribution in [0.5, 0.6) is 0 Å². The van der Waals surface area contributed by atoms with E-state index < -0.39 is 0 Å². The Balaban J connectivity index is 0.00000147. The van der Waals surface area contributed by atoms with Gasteiger partial charge in [-0.1, -0.05) is 0 Å². The van der Waals surface area contributed by atoms with E-state index in [9.17, 15) is 0 Å². The number of nitrogens with one attached hydrogen (secondary N) is 1. The maximum Gasteiger partial charge on any atom is 0.224 e. The second-order valence-electron chi connectivity index (χ2n) is 6.17. The molecule has 5 nitrogen and oxygen atoms in total. The van der Waals surface area contributed by atoms with Crippen LogP contribution in [0.2, 0.25) is 0 Å². The summed E-state index contributed by atoms with van der Waals surface area (Å²) in [6.07, 6.45) is 6.58. The van der Waals surface area contributed by atoms with Crippen LogP contribution in [0.3, 0.4) is 0 Å². The quantitative estimate of drug-likeness (QED) is 0.907. The van der Waals surface area contributed by atoms with Gasteiger partial charge in [-0.2, -0.15) is 0 Å². The van der Waals surface area contributed by atoms with Gasteiger partial charge in [-0.3, -0.25) is 4.90 Å². The van der Waals surface area contributed by atoms with Gasteiger partial charge in [0.25, 0.3) is 0 Å². The van der Waals surface area contributed by atoms with E-state index in [1.807, 2.05) is 31.4 Å². The molecule has 1 aromatic heterocycles. The highest BCUT2D eigenvalue weighted by atomic mass is 35.5. The lowest BCUT2D eigenvalue weighted by atomic mass is 9.87. The molecule has 2 aliphatic rings. The zero-order valence-electron chi connectivity index (χ0n) is 12.3. The highest BCUT2D eigenvalue weighted by molar-refractivity contribution is 5.85. The van der Waals surface area contributed by atoms with E-state index in [4.69, 9.17) is 0 Å². The molecule has 0 radical (unpaired) electrons. The SMILES string of the molecule is CN(C)c1ncc(CN2CCC3(CCNC3)C2)cn1.Cl. The zero-order valence-corrected chi connectivity index (χ0v) is 13.1. The third-order valence-corrected chi connectivity index (χ3v) is 4.35. The predicted molar refractivity (Wildman–Crippen MR) is 83.4 cm³/mol. The summed E-state index contributed by atoms with van der Waals surface area (Å²) in [7, 11) is 3.93. The van der Waals surface area contributed by atoms with Crippen LogP contribution in [0.4, 0.5) is 5.95 Å². The van der Waals surface area contributed by atoms with Crippen molar-refractivity contribution in [2.75, 3.05) is 45.2 Å². The van der Waals surface area contributed by atoms with E-state index in [-0.39, 0.29) is 12.4 Å². The van der Waals surface area contributed by atoms with Crippen LogP contribution in [-0.2, 0) is 6.54 Å². The Labute approximate surface area is 127 Å². The fourth-order valence-corrected chi connectivity index (χ4v) is 3.23. The summed E-state index contributed by atoms with van der Waals surface area (Å²) < 4.78 is 0. The zero-order chi connectivity index (χ0) is 13.3. The van der Waals surface area contributed by atoms with Crippen LogP contribution < -0.4 is 10.2 Å². The Hall–Kier alpha value is -0.910. The Morgan fingerprint density at radius 1 is 1.30 bits per heavy atom. The van der Waals surface area contributed by atoms with Gasteiger partial charge in [0.05, 0.1) is 0 Å². The first-order valence-electron chi connectivity index (χ1n) is 7.08. The summed E-state index contributed by atoms with van der Waals surface area (Å²) in [5, 5.41) is 3.50. The summed E-state index contributed by atoms with van der Waals surface area (Å²) in [6.45, 7) is 5.79. The second-order valence-corrected chi connectivity index (χ2v) is 6.17. The molecule has 3 rings (SSSR count). The van der Waals surface area contributed by atoms with Gasteiger partial charge in [0, 0.05) is 51.7 Å². The van der Waals surface area contributed by atoms with Crippen LogP contribution in [0.1, 0.15) is 18.4 Å². The van der Waals surface area contributed by atoms with Crippen molar-refractivity contribution >= 4 is 18.4 Å². The predicted octanol–water partition coefficient (Wildman–Crippen LogP) is 1.15. The number of hydrogen-bond donors (Lipinski definition) is 1. The molecule has 6 heteroatoms. The van der Waals surface area contributed by atoms with Crippen molar-refractivity contribution in [3.63, 3.8) is 0 Å². The summed E-state index contributed by atoms with van der Waals surface area (Å²) in [6, 6.07) is 0. The summed E-state index contributed by atoms with van der Waals surface area (Å²) in [4.78, 5) is 13.2. The molecule has 0 aromatic carbocycles. The Bertz CT molecular complexity index is 428. The van der Waals surface area contributed by atoms with Crippen LogP contribution in [-0.4, -0.2) is 55.1 Å². The highest BCUT2D eigenvalue weighted by Gasteiger charge is 2.39. The van der Waals surface area contributed by atoms with Crippen molar-refractivity contribution in [1.82, 2.24) is 20.2 Å². The fourth-order valence-electron chi connectivity index (χ4n) is 3.23. The molecular weight excluding hydrogens is 274 g/mol. The minimum Gasteiger partial charge on any atom is -0.347 e. The first kappa shape index (κ1) is 15.5. The maximum atomic E-state index is 4.39. The number of anilines is 1. The summed E-state index contributed by atoms with van der Waals surface area (Å²) in [5.41, 5.74) is 1.76. The van der Waals surface area contributed by atoms with E-state index >= 15 is 0 Å². The topological polar surface area (TPSA) is 44.3 Å². The molecule has 1 spiro atoms. The number of nitrogens with zero attached hydrogens (tertiary/aromatic N) is 4. The molecule has 2 fully saturated rings. The van der Waals surface area contributed by atoms with E-state index in [0.29, 0.717) is 5.41 Å². The van der Waals surface area contributed by atoms with E-state index in [1.54, 1.807) is 0 Å². The molecule has 3 heterocycles. The van der Waals surface area contributed by atoms with Gasteiger partial charge in [0.15, 0.2) is 0 Å². The fraction of sp³-hybridized carbons (Fsp3) is 0.714. The van der Waals surface area contributed by atoms with Crippen LogP contribution in [0, 0.1) is 5.41 Å². The van der Waals surface area contributed by atoms with Gasteiger partial charge in [-0.25, -0.2) is 9.97 Å². The molecule has 0 amide bonds. The van der Waals surface area contributed by atoms with Crippen molar-refractivity contribution in [1.29, 1.82) is 0 Å². The third kappa shape index (κ3) is 3.22. The number of rotatable bonds is 3. The molecule has 20 heavy (non-hydrogen) atoms. The Morgan fingerprint density at radius 2 is 2.05 bits per heavy atom. The van der Waals surface area contributed by atoms with Crippen molar-refractivity contribution < 1.29 is 0 Å². The number of halogens is 1. The van der Waals surface area contributed by atoms with Gasteiger partial charge >= 0.3 is 0 Å². The van der Waals surface area contributed by atoms with Crippen molar-refractivity contribution in [2.45, 2.75) is 19.4 Å². The lowest BCUT2D eigenvalue weighted by Gasteiger charge is -2.22. The van der Waals surface area contributed by atoms with Gasteiger partial charge in [0.1, 0.15) is 0 Å². The largest absolute Gasteiger partial charge is 0.347 e. The third-order valence-electron chi connectivity index (χ3n) is 4.35. The monoisotopic (exact) mass is 297 g/mol. The number of hydrogen-bond acceptors (Lipinski definition) is 5. The number of aromatic nitrogens is 2. The molecule has 0 bridgehead atoms. The molecule has 2 aliphatic heterocycles. The smallest absolute Gasteiger partial charge is 0.224 e. The van der Waals surface area contributed by atoms with Crippen LogP contribution in [0.25, 0.3) is 0 Å². The second kappa shape index (κ2) is 6.24. The maximum absolute atomic E-state index is 4.39. The summed E-state index contributed by atoms with van der Waals surface area (Å²) in [5.74, 6) is 0.779. The molecule has 2 saturated heterocycles. The lowest BCUT2D eigenvalue weighted by molar-refractivity contribution is 0.268. The van der Waals surface area contributed by atoms with Crippen molar-refractivity contribution in [3.05, 3.63) is 18.0 Å². The van der Waals surface area contributed by atoms with Crippen molar-refractivity contribution in [3.8, 4) is 0 Å². The number of likely N-dealkylation sites (tertiary alicyclic amines) is 1. The molecule has 0 saturated carbocycles. The minimum atomic E-state index is 0. The first-order valence-corrected chi connectivity index (χ1v) is 7.08. The van der Waals surface area contributed by atoms with E-state index in [2.05, 4.69) is 20.2 Å². The molecule has 0 aliphatic carbocycles. The molecular formula is C14H24ClN5. The van der Waals surface area contributed by atoms with Crippen molar-refractivity contribution in [2.24, 2.45) is 5.41 Å². The van der Waals surface area contributed by atoms with Gasteiger partial charge < -0.3 is 10.2 Å². The van der Waals surface area contributed by atoms with Gasteiger partial charge in [-0.15, -0.1) is 12.4 Å². The van der Waals surface area contributed by atoms with E-state index in [0.717, 1.165) is 12.5 Å². The first-order chi connectivity index (χ1) is 9.17. The lowest BCUT2D eigenvalue weighted by Crippen LogP contribution is -2.29. The summed E-state index contributed by atoms with van der Waals surface area (Å²) >= 11 is 0. The highest BCUT2D eigenvalue weighted by Crippen LogP contribution is 2.36. The Morgan fingerprint density at radius 3 is 2.65 bits per heavy atom. The van der Waals surface area contributed by atoms with Gasteiger partial charge in [0.2, 0.25) is 5.95 Å². The molecule has 1 aromatic rings. The normalized spacial score (nSPS) is 25.9. The minimum absolute atomic E-state index is 0. The average Bonchev–Trinajstić information content (AvgIpc) is 3.01. The molecule has 1 N–H and O–H groups in total. The average molecular weight is 298 g/mol.